The summed E-state index contributed by atoms with van der Waals surface area (Å²) < 4.78 is 33.3. The molecule has 0 saturated carbocycles. The number of ether oxygens (including phenoxy) is 2. The lowest BCUT2D eigenvalue weighted by Gasteiger charge is -2.30. The number of nitrogen functional groups attached to an aromatic ring is 1. The average molecular weight is 802 g/mol. The second kappa shape index (κ2) is 17.0. The van der Waals surface area contributed by atoms with Gasteiger partial charge in [-0.25, -0.2) is 14.0 Å². The van der Waals surface area contributed by atoms with Gasteiger partial charge in [-0.05, 0) is 44.4 Å². The maximum atomic E-state index is 12.8. The van der Waals surface area contributed by atoms with E-state index in [1.54, 1.807) is 30.6 Å². The number of H-pyrrole nitrogens is 1. The van der Waals surface area contributed by atoms with Crippen LogP contribution in [0.25, 0.3) is 0 Å². The number of rotatable bonds is 17. The molecule has 24 heteroatoms. The van der Waals surface area contributed by atoms with Gasteiger partial charge in [0.15, 0.2) is 24.4 Å². The maximum Gasteiger partial charge on any atom is 0.472 e. The fourth-order valence-electron chi connectivity index (χ4n) is 6.57. The molecule has 0 amide bonds. The molecular weight excluding hydrogens is 759 g/mol. The van der Waals surface area contributed by atoms with E-state index in [0.717, 1.165) is 5.69 Å². The number of nitrogens with two attached hydrogens (primary N) is 1. The first-order valence-electron chi connectivity index (χ1n) is 16.9. The van der Waals surface area contributed by atoms with Crippen molar-refractivity contribution in [2.24, 2.45) is 0 Å². The number of carbonyl (C=O) groups excluding carboxylic acids is 2. The number of carboxylic acid groups (broad SMARTS) is 2. The first kappa shape index (κ1) is 42.1. The standard InChI is InChI=1S/C31H43N6O17P/c1-12-20-13(2)36(11-37(20)21-26(33-12)34-31(32)35-27(21)45)15-5-3-14(4-6-15)9-16(38)22(41)24(43)29(48)53-30-25(44)23(42)18(52-30)10-51-55(49,50)54-17(28(46)47)7-8-19(39)40/h3-6,11-13,16-18,20,22-25,29-30,38,41-44,48H,7-10H2,1-2H3,(H6-,32,33,34,35,39,40,45,46,47,49,50)/p-1/t12?,13?,16?,17?,18-,20?,22?,23-,24?,25-,29?,30-/m1/s1. The summed E-state index contributed by atoms with van der Waals surface area (Å²) in [5.41, 5.74) is 6.91. The van der Waals surface area contributed by atoms with Gasteiger partial charge in [0.05, 0.1) is 24.7 Å². The van der Waals surface area contributed by atoms with Gasteiger partial charge in [-0.15, -0.1) is 0 Å². The Balaban J connectivity index is 1.14. The molecule has 4 heterocycles. The van der Waals surface area contributed by atoms with E-state index < -0.39 is 100 Å². The average Bonchev–Trinajstić information content (AvgIpc) is 3.59. The van der Waals surface area contributed by atoms with Crippen LogP contribution in [0.3, 0.4) is 0 Å². The second-order valence-corrected chi connectivity index (χ2v) is 14.7. The van der Waals surface area contributed by atoms with Gasteiger partial charge < -0.3 is 75.9 Å². The van der Waals surface area contributed by atoms with Gasteiger partial charge in [-0.3, -0.25) is 18.8 Å². The molecule has 23 nitrogen and oxygen atoms in total. The van der Waals surface area contributed by atoms with Crippen LogP contribution in [-0.2, 0) is 39.1 Å². The summed E-state index contributed by atoms with van der Waals surface area (Å²) in [6, 6.07) is 6.49. The number of hydrogen-bond acceptors (Lipinski definition) is 20. The first-order valence-corrected chi connectivity index (χ1v) is 18.4. The number of nitrogens with zero attached hydrogens (tertiary/aromatic N) is 3. The molecule has 13 atom stereocenters. The molecule has 9 unspecified atom stereocenters. The molecule has 55 heavy (non-hydrogen) atoms. The topological polar surface area (TPSA) is 366 Å². The molecule has 0 bridgehead atoms. The van der Waals surface area contributed by atoms with Crippen LogP contribution in [0.2, 0.25) is 0 Å². The number of benzene rings is 1. The highest BCUT2D eigenvalue weighted by Gasteiger charge is 2.49. The molecule has 304 valence electrons. The number of aromatic amines is 1. The number of phosphoric ester groups is 1. The van der Waals surface area contributed by atoms with Crippen LogP contribution in [0.4, 0.5) is 23.1 Å². The van der Waals surface area contributed by atoms with Crippen molar-refractivity contribution in [1.82, 2.24) is 9.97 Å². The normalized spacial score (nSPS) is 28.5. The van der Waals surface area contributed by atoms with Gasteiger partial charge in [-0.1, -0.05) is 12.1 Å². The van der Waals surface area contributed by atoms with Gasteiger partial charge in [0.1, 0.15) is 48.4 Å². The van der Waals surface area contributed by atoms with E-state index in [-0.39, 0.29) is 30.5 Å². The van der Waals surface area contributed by atoms with Crippen molar-refractivity contribution < 1.29 is 83.0 Å². The van der Waals surface area contributed by atoms with Gasteiger partial charge >= 0.3 is 13.4 Å². The minimum atomic E-state index is -5.23. The van der Waals surface area contributed by atoms with E-state index in [0.29, 0.717) is 17.1 Å². The summed E-state index contributed by atoms with van der Waals surface area (Å²) in [5, 5.41) is 87.8. The molecule has 3 aliphatic heterocycles. The molecule has 1 aromatic heterocycles. The van der Waals surface area contributed by atoms with E-state index in [9.17, 15) is 64.7 Å². The Kier molecular flexibility index (Phi) is 13.0. The highest BCUT2D eigenvalue weighted by atomic mass is 31.2. The third-order valence-electron chi connectivity index (χ3n) is 9.39. The number of carbonyl (C=O) groups is 2. The Morgan fingerprint density at radius 1 is 1.11 bits per heavy atom. The van der Waals surface area contributed by atoms with Crippen molar-refractivity contribution >= 4 is 49.2 Å². The predicted molar refractivity (Wildman–Crippen MR) is 180 cm³/mol. The highest BCUT2D eigenvalue weighted by molar-refractivity contribution is 7.47. The predicted octanol–water partition coefficient (Wildman–Crippen LogP) is -5.70. The molecule has 0 spiro atoms. The largest absolute Gasteiger partial charge is 0.550 e. The van der Waals surface area contributed by atoms with Crippen LogP contribution in [-0.4, -0.2) is 148 Å². The molecule has 0 radical (unpaired) electrons. The van der Waals surface area contributed by atoms with E-state index in [2.05, 4.69) is 24.3 Å². The summed E-state index contributed by atoms with van der Waals surface area (Å²) in [7, 11) is -5.23. The van der Waals surface area contributed by atoms with Crippen molar-refractivity contribution in [1.29, 1.82) is 0 Å². The van der Waals surface area contributed by atoms with E-state index in [4.69, 9.17) is 15.2 Å². The van der Waals surface area contributed by atoms with Crippen LogP contribution in [0, 0.1) is 0 Å². The number of phosphoric acid groups is 1. The first-order chi connectivity index (χ1) is 25.8. The lowest BCUT2D eigenvalue weighted by molar-refractivity contribution is -0.479. The Morgan fingerprint density at radius 3 is 2.42 bits per heavy atom. The summed E-state index contributed by atoms with van der Waals surface area (Å²) in [6.07, 6.45) is -17.8. The van der Waals surface area contributed by atoms with E-state index in [1.165, 1.54) is 0 Å². The van der Waals surface area contributed by atoms with Crippen LogP contribution >= 0.6 is 7.82 Å². The second-order valence-electron chi connectivity index (χ2n) is 13.3. The third kappa shape index (κ3) is 9.48. The molecule has 5 rings (SSSR count). The van der Waals surface area contributed by atoms with Crippen molar-refractivity contribution in [2.45, 2.75) is 107 Å². The molecule has 3 aliphatic rings. The zero-order chi connectivity index (χ0) is 40.5. The monoisotopic (exact) mass is 801 g/mol. The molecule has 0 aliphatic carbocycles. The van der Waals surface area contributed by atoms with Crippen molar-refractivity contribution in [3.8, 4) is 0 Å². The number of fused-ring (bicyclic) bond motifs is 3. The molecule has 1 aromatic carbocycles. The van der Waals surface area contributed by atoms with Gasteiger partial charge in [0.25, 0.3) is 0 Å². The lowest BCUT2D eigenvalue weighted by Crippen LogP contribution is -2.49. The number of aliphatic carboxylic acids is 2. The fraction of sp³-hybridized carbons (Fsp3) is 0.581. The van der Waals surface area contributed by atoms with Gasteiger partial charge in [0, 0.05) is 12.4 Å². The van der Waals surface area contributed by atoms with Gasteiger partial charge in [0.2, 0.25) is 18.0 Å². The number of carboxylic acids is 2. The highest BCUT2D eigenvalue weighted by Crippen LogP contribution is 2.46. The Bertz CT molecular complexity index is 1850. The minimum Gasteiger partial charge on any atom is -0.550 e. The number of aliphatic hydroxyl groups is 6. The Labute approximate surface area is 311 Å². The smallest absolute Gasteiger partial charge is 0.472 e. The van der Waals surface area contributed by atoms with Gasteiger partial charge in [-0.2, -0.15) is 4.98 Å². The molecule has 1 fully saturated rings. The van der Waals surface area contributed by atoms with Crippen LogP contribution in [0.15, 0.2) is 29.1 Å². The summed E-state index contributed by atoms with van der Waals surface area (Å²) in [4.78, 5) is 53.0. The number of nitrogens with one attached hydrogen (secondary N) is 2. The molecule has 2 aromatic rings. The van der Waals surface area contributed by atoms with Crippen LogP contribution < -0.4 is 31.7 Å². The third-order valence-corrected chi connectivity index (χ3v) is 10.4. The van der Waals surface area contributed by atoms with E-state index in [1.807, 2.05) is 23.3 Å². The quantitative estimate of drug-likeness (QED) is 0.0405. The summed E-state index contributed by atoms with van der Waals surface area (Å²) in [6.45, 7) is 2.93. The SMILES string of the molecule is CC1Nc2nc(N)[nH]c(=O)c2[N+]2=CN(c3ccc(CC(O)C(O)C(O)C(O)O[C@H]4O[C@H](COP(=O)(O)OC(CCC(=O)[O-])C(=O)[O-])[C@@H](O)[C@H]4O)cc3)C(C)C12. The number of hydrogen-bond donors (Lipinski definition) is 10. The van der Waals surface area contributed by atoms with Crippen LogP contribution in [0.1, 0.15) is 32.3 Å². The lowest BCUT2D eigenvalue weighted by atomic mass is 9.98. The van der Waals surface area contributed by atoms with Crippen molar-refractivity contribution in [3.05, 3.63) is 40.2 Å². The van der Waals surface area contributed by atoms with Crippen molar-refractivity contribution in [2.75, 3.05) is 22.6 Å². The van der Waals surface area contributed by atoms with Crippen molar-refractivity contribution in [3.63, 3.8) is 0 Å². The zero-order valence-electron chi connectivity index (χ0n) is 29.2. The fourth-order valence-corrected chi connectivity index (χ4v) is 7.48. The number of aliphatic hydroxyl groups excluding tert-OH is 6. The molecular formula is C31H42N6O17P-. The summed E-state index contributed by atoms with van der Waals surface area (Å²) >= 11 is 0. The minimum absolute atomic E-state index is 0.0153. The zero-order valence-corrected chi connectivity index (χ0v) is 30.1. The Morgan fingerprint density at radius 2 is 1.78 bits per heavy atom. The van der Waals surface area contributed by atoms with E-state index >= 15 is 0 Å². The summed E-state index contributed by atoms with van der Waals surface area (Å²) in [5.74, 6) is -3.34. The number of anilines is 3. The number of aromatic nitrogens is 2. The molecule has 1 saturated heterocycles. The maximum absolute atomic E-state index is 12.8. The molecule has 11 N–H and O–H groups in total. The van der Waals surface area contributed by atoms with Crippen LogP contribution in [0.5, 0.6) is 0 Å². The Hall–Kier alpha value is -4.10.